The summed E-state index contributed by atoms with van der Waals surface area (Å²) in [5, 5.41) is 2.75. The molecule has 0 saturated carbocycles. The van der Waals surface area contributed by atoms with Crippen LogP contribution in [0, 0.1) is 0 Å². The number of rotatable bonds is 4. The van der Waals surface area contributed by atoms with Crippen LogP contribution < -0.4 is 5.32 Å². The molecule has 0 spiro atoms. The Balaban J connectivity index is 0.00000136. The lowest BCUT2D eigenvalue weighted by molar-refractivity contribution is 0.0600. The number of nitrogens with one attached hydrogen (secondary N) is 1. The van der Waals surface area contributed by atoms with Crippen LogP contribution in [0.2, 0.25) is 0 Å². The van der Waals surface area contributed by atoms with Gasteiger partial charge in [0.1, 0.15) is 5.82 Å². The zero-order valence-corrected chi connectivity index (χ0v) is 17.5. The normalized spacial score (nSPS) is 9.71. The molecule has 1 heterocycles. The molecular weight excluding hydrogens is 420 g/mol. The Hall–Kier alpha value is -2.99. The van der Waals surface area contributed by atoms with Crippen molar-refractivity contribution in [3.63, 3.8) is 0 Å². The average molecular weight is 441 g/mol. The number of nitrogens with zero attached hydrogens (tertiary/aromatic N) is 1. The molecule has 0 fully saturated rings. The van der Waals surface area contributed by atoms with Crippen LogP contribution in [0.4, 0.5) is 5.82 Å². The summed E-state index contributed by atoms with van der Waals surface area (Å²) in [5.74, 6) is -0.113. The minimum atomic E-state index is -0.370. The first kappa shape index (κ1) is 21.3. The lowest BCUT2D eigenvalue weighted by Gasteiger charge is -2.07. The highest BCUT2D eigenvalue weighted by molar-refractivity contribution is 9.10. The number of carbonyl (C=O) groups excluding carboxylic acids is 2. The van der Waals surface area contributed by atoms with Gasteiger partial charge in [-0.15, -0.1) is 0 Å². The van der Waals surface area contributed by atoms with Crippen LogP contribution in [0.15, 0.2) is 71.3 Å². The molecule has 0 saturated heterocycles. The molecule has 0 radical (unpaired) electrons. The highest BCUT2D eigenvalue weighted by atomic mass is 79.9. The third-order valence-electron chi connectivity index (χ3n) is 3.76. The SMILES string of the molecule is CC.COC(=O)c1ccc(-c2ccc(C(=O)Nc3ccc(Br)cn3)cc2)cc1. The third-order valence-corrected chi connectivity index (χ3v) is 4.22. The molecule has 3 rings (SSSR count). The van der Waals surface area contributed by atoms with E-state index in [1.54, 1.807) is 36.5 Å². The van der Waals surface area contributed by atoms with Crippen molar-refractivity contribution in [3.05, 3.63) is 82.5 Å². The van der Waals surface area contributed by atoms with E-state index < -0.39 is 0 Å². The topological polar surface area (TPSA) is 68.3 Å². The highest BCUT2D eigenvalue weighted by Crippen LogP contribution is 2.21. The first-order chi connectivity index (χ1) is 13.6. The minimum absolute atomic E-state index is 0.229. The van der Waals surface area contributed by atoms with Gasteiger partial charge in [0.2, 0.25) is 0 Å². The molecule has 0 bridgehead atoms. The fraction of sp³-hybridized carbons (Fsp3) is 0.136. The second-order valence-corrected chi connectivity index (χ2v) is 6.38. The summed E-state index contributed by atoms with van der Waals surface area (Å²) in [6.45, 7) is 4.00. The van der Waals surface area contributed by atoms with Crippen molar-refractivity contribution in [2.75, 3.05) is 12.4 Å². The lowest BCUT2D eigenvalue weighted by atomic mass is 10.0. The summed E-state index contributed by atoms with van der Waals surface area (Å²) in [7, 11) is 1.35. The van der Waals surface area contributed by atoms with E-state index >= 15 is 0 Å². The highest BCUT2D eigenvalue weighted by Gasteiger charge is 2.08. The van der Waals surface area contributed by atoms with Crippen molar-refractivity contribution in [2.24, 2.45) is 0 Å². The number of benzene rings is 2. The van der Waals surface area contributed by atoms with Crippen molar-refractivity contribution in [1.29, 1.82) is 0 Å². The Bertz CT molecular complexity index is 922. The summed E-state index contributed by atoms with van der Waals surface area (Å²) in [6, 6.07) is 17.8. The number of methoxy groups -OCH3 is 1. The van der Waals surface area contributed by atoms with Gasteiger partial charge in [-0.05, 0) is 63.5 Å². The van der Waals surface area contributed by atoms with Crippen molar-refractivity contribution >= 4 is 33.6 Å². The first-order valence-corrected chi connectivity index (χ1v) is 9.58. The summed E-state index contributed by atoms with van der Waals surface area (Å²) in [6.07, 6.45) is 1.62. The Labute approximate surface area is 172 Å². The zero-order valence-electron chi connectivity index (χ0n) is 15.9. The number of esters is 1. The fourth-order valence-electron chi connectivity index (χ4n) is 2.37. The predicted molar refractivity (Wildman–Crippen MR) is 114 cm³/mol. The number of hydrogen-bond acceptors (Lipinski definition) is 4. The van der Waals surface area contributed by atoms with E-state index in [9.17, 15) is 9.59 Å². The monoisotopic (exact) mass is 440 g/mol. The van der Waals surface area contributed by atoms with Gasteiger partial charge in [0.15, 0.2) is 0 Å². The smallest absolute Gasteiger partial charge is 0.337 e. The average Bonchev–Trinajstić information content (AvgIpc) is 2.76. The molecule has 0 atom stereocenters. The van der Waals surface area contributed by atoms with E-state index in [0.29, 0.717) is 16.9 Å². The number of aromatic nitrogens is 1. The molecule has 0 aliphatic heterocycles. The van der Waals surface area contributed by atoms with Gasteiger partial charge in [-0.25, -0.2) is 9.78 Å². The number of amides is 1. The van der Waals surface area contributed by atoms with Crippen LogP contribution in [-0.4, -0.2) is 24.0 Å². The Kier molecular flexibility index (Phi) is 7.89. The standard InChI is InChI=1S/C20H15BrN2O3.C2H6/c1-26-20(25)16-8-4-14(5-9-16)13-2-6-15(7-3-13)19(24)23-18-11-10-17(21)12-22-18;1-2/h2-12H,1H3,(H,22,23,24);1-2H3. The minimum Gasteiger partial charge on any atom is -0.465 e. The maximum Gasteiger partial charge on any atom is 0.337 e. The maximum atomic E-state index is 12.3. The zero-order chi connectivity index (χ0) is 20.5. The quantitative estimate of drug-likeness (QED) is 0.537. The van der Waals surface area contributed by atoms with Gasteiger partial charge in [0, 0.05) is 16.2 Å². The molecule has 6 heteroatoms. The number of ether oxygens (including phenoxy) is 1. The summed E-state index contributed by atoms with van der Waals surface area (Å²) >= 11 is 3.30. The second-order valence-electron chi connectivity index (χ2n) is 5.46. The third kappa shape index (κ3) is 5.50. The van der Waals surface area contributed by atoms with E-state index in [4.69, 9.17) is 0 Å². The van der Waals surface area contributed by atoms with Crippen molar-refractivity contribution in [1.82, 2.24) is 4.98 Å². The van der Waals surface area contributed by atoms with Gasteiger partial charge < -0.3 is 10.1 Å². The van der Waals surface area contributed by atoms with Crippen molar-refractivity contribution < 1.29 is 14.3 Å². The summed E-state index contributed by atoms with van der Waals surface area (Å²) in [4.78, 5) is 27.9. The van der Waals surface area contributed by atoms with Crippen LogP contribution in [-0.2, 0) is 4.74 Å². The van der Waals surface area contributed by atoms with Gasteiger partial charge in [-0.2, -0.15) is 0 Å². The first-order valence-electron chi connectivity index (χ1n) is 8.78. The van der Waals surface area contributed by atoms with E-state index in [1.807, 2.05) is 44.2 Å². The van der Waals surface area contributed by atoms with Crippen molar-refractivity contribution in [2.45, 2.75) is 13.8 Å². The van der Waals surface area contributed by atoms with Gasteiger partial charge in [-0.1, -0.05) is 38.1 Å². The molecule has 144 valence electrons. The summed E-state index contributed by atoms with van der Waals surface area (Å²) in [5.41, 5.74) is 2.91. The number of halogens is 1. The molecular formula is C22H21BrN2O3. The number of hydrogen-bond donors (Lipinski definition) is 1. The number of carbonyl (C=O) groups is 2. The molecule has 0 aliphatic carbocycles. The van der Waals surface area contributed by atoms with Gasteiger partial charge in [0.25, 0.3) is 5.91 Å². The van der Waals surface area contributed by atoms with Crippen LogP contribution in [0.1, 0.15) is 34.6 Å². The number of pyridine rings is 1. The van der Waals surface area contributed by atoms with Crippen molar-refractivity contribution in [3.8, 4) is 11.1 Å². The Morgan fingerprint density at radius 2 is 1.39 bits per heavy atom. The second kappa shape index (κ2) is 10.4. The Morgan fingerprint density at radius 1 is 0.857 bits per heavy atom. The van der Waals surface area contributed by atoms with E-state index in [2.05, 4.69) is 31.0 Å². The molecule has 28 heavy (non-hydrogen) atoms. The molecule has 1 aromatic heterocycles. The van der Waals surface area contributed by atoms with E-state index in [0.717, 1.165) is 15.6 Å². The number of anilines is 1. The molecule has 1 amide bonds. The molecule has 0 unspecified atom stereocenters. The lowest BCUT2D eigenvalue weighted by Crippen LogP contribution is -2.12. The van der Waals surface area contributed by atoms with Crippen LogP contribution in [0.5, 0.6) is 0 Å². The van der Waals surface area contributed by atoms with Gasteiger partial charge in [-0.3, -0.25) is 4.79 Å². The van der Waals surface area contributed by atoms with Crippen LogP contribution in [0.3, 0.4) is 0 Å². The Morgan fingerprint density at radius 3 is 1.86 bits per heavy atom. The van der Waals surface area contributed by atoms with E-state index in [1.165, 1.54) is 7.11 Å². The maximum absolute atomic E-state index is 12.3. The van der Waals surface area contributed by atoms with E-state index in [-0.39, 0.29) is 11.9 Å². The van der Waals surface area contributed by atoms with Gasteiger partial charge in [0.05, 0.1) is 12.7 Å². The fourth-order valence-corrected chi connectivity index (χ4v) is 2.60. The molecule has 1 N–H and O–H groups in total. The van der Waals surface area contributed by atoms with Gasteiger partial charge >= 0.3 is 5.97 Å². The predicted octanol–water partition coefficient (Wildman–Crippen LogP) is 5.58. The molecule has 3 aromatic rings. The molecule has 2 aromatic carbocycles. The molecule has 0 aliphatic rings. The van der Waals surface area contributed by atoms with Crippen LogP contribution in [0.25, 0.3) is 11.1 Å². The van der Waals surface area contributed by atoms with Crippen LogP contribution >= 0.6 is 15.9 Å². The summed E-state index contributed by atoms with van der Waals surface area (Å²) < 4.78 is 5.53. The molecule has 5 nitrogen and oxygen atoms in total. The largest absolute Gasteiger partial charge is 0.465 e.